The molecule has 0 saturated carbocycles. The number of aryl methyl sites for hydroxylation is 1. The van der Waals surface area contributed by atoms with Crippen molar-refractivity contribution in [3.63, 3.8) is 0 Å². The van der Waals surface area contributed by atoms with Gasteiger partial charge in [0.25, 0.3) is 0 Å². The van der Waals surface area contributed by atoms with Crippen LogP contribution in [-0.2, 0) is 5.67 Å². The summed E-state index contributed by atoms with van der Waals surface area (Å²) < 4.78 is 88.7. The molecule has 0 heterocycles. The first-order valence-electron chi connectivity index (χ1n) is 4.73. The molecule has 0 unspecified atom stereocenters. The summed E-state index contributed by atoms with van der Waals surface area (Å²) >= 11 is 0. The molecule has 0 saturated heterocycles. The third kappa shape index (κ3) is 2.06. The minimum Gasteiger partial charge on any atom is -0.218 e. The van der Waals surface area contributed by atoms with Crippen LogP contribution in [0.2, 0.25) is 0 Å². The lowest BCUT2D eigenvalue weighted by molar-refractivity contribution is -0.348. The van der Waals surface area contributed by atoms with E-state index in [1.54, 1.807) is 0 Å². The van der Waals surface area contributed by atoms with Crippen LogP contribution < -0.4 is 0 Å². The van der Waals surface area contributed by atoms with Gasteiger partial charge in [-0.3, -0.25) is 0 Å². The van der Waals surface area contributed by atoms with Crippen LogP contribution in [0.3, 0.4) is 0 Å². The van der Waals surface area contributed by atoms with Gasteiger partial charge < -0.3 is 0 Å². The molecule has 1 aromatic rings. The second kappa shape index (κ2) is 4.13. The number of hydrogen-bond acceptors (Lipinski definition) is 0. The molecule has 7 heteroatoms. The Hall–Kier alpha value is -1.27. The van der Waals surface area contributed by atoms with E-state index < -0.39 is 29.1 Å². The maximum absolute atomic E-state index is 13.7. The van der Waals surface area contributed by atoms with E-state index in [1.807, 2.05) is 0 Å². The maximum atomic E-state index is 13.7. The van der Waals surface area contributed by atoms with Gasteiger partial charge in [-0.15, -0.1) is 0 Å². The Morgan fingerprint density at radius 3 is 1.72 bits per heavy atom. The Morgan fingerprint density at radius 1 is 0.889 bits per heavy atom. The zero-order valence-corrected chi connectivity index (χ0v) is 9.30. The lowest BCUT2D eigenvalue weighted by Crippen LogP contribution is -2.50. The molecule has 0 aliphatic carbocycles. The molecule has 0 fully saturated rings. The zero-order chi connectivity index (χ0) is 14.4. The van der Waals surface area contributed by atoms with Crippen molar-refractivity contribution in [1.82, 2.24) is 0 Å². The van der Waals surface area contributed by atoms with Crippen molar-refractivity contribution in [3.05, 3.63) is 34.9 Å². The summed E-state index contributed by atoms with van der Waals surface area (Å²) in [5.74, 6) is 0. The fourth-order valence-corrected chi connectivity index (χ4v) is 1.52. The Balaban J connectivity index is 3.61. The third-order valence-electron chi connectivity index (χ3n) is 2.67. The van der Waals surface area contributed by atoms with Crippen molar-refractivity contribution >= 4 is 0 Å². The van der Waals surface area contributed by atoms with Gasteiger partial charge in [0.1, 0.15) is 0 Å². The maximum Gasteiger partial charge on any atom is 0.435 e. The van der Waals surface area contributed by atoms with Crippen LogP contribution >= 0.6 is 0 Å². The summed E-state index contributed by atoms with van der Waals surface area (Å²) in [6.07, 6.45) is -12.2. The molecule has 0 nitrogen and oxygen atoms in total. The Kier molecular flexibility index (Phi) is 3.40. The summed E-state index contributed by atoms with van der Waals surface area (Å²) in [4.78, 5) is 0. The van der Waals surface area contributed by atoms with E-state index in [1.165, 1.54) is 6.92 Å². The molecule has 0 bridgehead atoms. The minimum absolute atomic E-state index is 0.0306. The van der Waals surface area contributed by atoms with Crippen molar-refractivity contribution in [3.8, 4) is 0 Å². The third-order valence-corrected chi connectivity index (χ3v) is 2.67. The highest BCUT2D eigenvalue weighted by atomic mass is 19.4. The van der Waals surface area contributed by atoms with Gasteiger partial charge in [0.05, 0.1) is 0 Å². The second-order valence-corrected chi connectivity index (χ2v) is 3.80. The van der Waals surface area contributed by atoms with Gasteiger partial charge >= 0.3 is 18.0 Å². The molecule has 101 valence electrons. The minimum atomic E-state index is -6.08. The Labute approximate surface area is 98.4 Å². The highest BCUT2D eigenvalue weighted by molar-refractivity contribution is 5.38. The molecule has 0 amide bonds. The Bertz CT molecular complexity index is 428. The summed E-state index contributed by atoms with van der Waals surface area (Å²) in [7, 11) is 0. The van der Waals surface area contributed by atoms with Crippen LogP contribution in [0.4, 0.5) is 30.7 Å². The standard InChI is InChI=1S/C11H8F7/c1-6-4-3-5-8(7(6)2)9(12,10(13,14)15)11(16,17)18/h3,5H,1-2H3. The van der Waals surface area contributed by atoms with E-state index in [4.69, 9.17) is 0 Å². The Morgan fingerprint density at radius 2 is 1.33 bits per heavy atom. The fraction of sp³-hybridized carbons (Fsp3) is 0.455. The molecule has 0 aromatic heterocycles. The fourth-order valence-electron chi connectivity index (χ4n) is 1.52. The van der Waals surface area contributed by atoms with Crippen molar-refractivity contribution < 1.29 is 30.7 Å². The highest BCUT2D eigenvalue weighted by Crippen LogP contribution is 2.54. The van der Waals surface area contributed by atoms with Gasteiger partial charge in [-0.25, -0.2) is 4.39 Å². The lowest BCUT2D eigenvalue weighted by atomic mass is 9.88. The number of benzene rings is 1. The number of hydrogen-bond donors (Lipinski definition) is 0. The van der Waals surface area contributed by atoms with Crippen LogP contribution in [0.1, 0.15) is 16.7 Å². The van der Waals surface area contributed by atoms with Gasteiger partial charge in [-0.2, -0.15) is 26.3 Å². The quantitative estimate of drug-likeness (QED) is 0.665. The van der Waals surface area contributed by atoms with Crippen LogP contribution in [0.25, 0.3) is 0 Å². The van der Waals surface area contributed by atoms with Gasteiger partial charge in [0, 0.05) is 5.56 Å². The summed E-state index contributed by atoms with van der Waals surface area (Å²) in [5.41, 5.74) is -7.21. The average Bonchev–Trinajstić information content (AvgIpc) is 2.17. The van der Waals surface area contributed by atoms with E-state index in [0.29, 0.717) is 6.07 Å². The molecule has 1 aromatic carbocycles. The average molecular weight is 273 g/mol. The van der Waals surface area contributed by atoms with Crippen LogP contribution in [-0.4, -0.2) is 12.4 Å². The van der Waals surface area contributed by atoms with Crippen molar-refractivity contribution in [2.24, 2.45) is 0 Å². The topological polar surface area (TPSA) is 0 Å². The first-order chi connectivity index (χ1) is 7.93. The van der Waals surface area contributed by atoms with Gasteiger partial charge in [-0.1, -0.05) is 12.1 Å². The number of alkyl halides is 7. The van der Waals surface area contributed by atoms with E-state index in [9.17, 15) is 30.7 Å². The SMILES string of the molecule is Cc1[c]ccc(C(F)(C(F)(F)F)C(F)(F)F)c1C. The van der Waals surface area contributed by atoms with E-state index in [0.717, 1.165) is 13.0 Å². The van der Waals surface area contributed by atoms with E-state index in [2.05, 4.69) is 6.07 Å². The molecule has 0 N–H and O–H groups in total. The normalized spacial score (nSPS) is 13.8. The van der Waals surface area contributed by atoms with Gasteiger partial charge in [0.2, 0.25) is 0 Å². The smallest absolute Gasteiger partial charge is 0.218 e. The molecule has 0 spiro atoms. The van der Waals surface area contributed by atoms with Crippen LogP contribution in [0.5, 0.6) is 0 Å². The first-order valence-corrected chi connectivity index (χ1v) is 4.73. The van der Waals surface area contributed by atoms with Crippen LogP contribution in [0.15, 0.2) is 12.1 Å². The van der Waals surface area contributed by atoms with E-state index in [-0.39, 0.29) is 5.56 Å². The zero-order valence-electron chi connectivity index (χ0n) is 9.30. The number of halogens is 7. The summed E-state index contributed by atoms with van der Waals surface area (Å²) in [5, 5.41) is 0. The van der Waals surface area contributed by atoms with Crippen LogP contribution in [0, 0.1) is 19.9 Å². The monoisotopic (exact) mass is 273 g/mol. The highest BCUT2D eigenvalue weighted by Gasteiger charge is 2.73. The van der Waals surface area contributed by atoms with E-state index >= 15 is 0 Å². The second-order valence-electron chi connectivity index (χ2n) is 3.80. The van der Waals surface area contributed by atoms with Gasteiger partial charge in [0.15, 0.2) is 0 Å². The molecular weight excluding hydrogens is 265 g/mol. The largest absolute Gasteiger partial charge is 0.435 e. The van der Waals surface area contributed by atoms with Crippen molar-refractivity contribution in [2.45, 2.75) is 31.9 Å². The summed E-state index contributed by atoms with van der Waals surface area (Å²) in [6.45, 7) is 2.25. The molecule has 18 heavy (non-hydrogen) atoms. The van der Waals surface area contributed by atoms with Crippen molar-refractivity contribution in [1.29, 1.82) is 0 Å². The number of rotatable bonds is 1. The predicted octanol–water partition coefficient (Wildman–Crippen LogP) is 4.39. The molecule has 1 radical (unpaired) electrons. The predicted molar refractivity (Wildman–Crippen MR) is 49.6 cm³/mol. The first kappa shape index (κ1) is 14.8. The molecular formula is C11H8F7. The van der Waals surface area contributed by atoms with Gasteiger partial charge in [-0.05, 0) is 31.0 Å². The lowest BCUT2D eigenvalue weighted by Gasteiger charge is -2.31. The molecule has 0 aliphatic rings. The molecule has 1 rings (SSSR count). The molecule has 0 aliphatic heterocycles. The molecule has 0 atom stereocenters. The van der Waals surface area contributed by atoms with Crippen molar-refractivity contribution in [2.75, 3.05) is 0 Å². The summed E-state index contributed by atoms with van der Waals surface area (Å²) in [6, 6.07) is 3.70.